The van der Waals surface area contributed by atoms with E-state index in [0.29, 0.717) is 13.0 Å². The first kappa shape index (κ1) is 20.2. The fourth-order valence-electron chi connectivity index (χ4n) is 2.79. The van der Waals surface area contributed by atoms with E-state index in [1.54, 1.807) is 0 Å². The van der Waals surface area contributed by atoms with Crippen LogP contribution in [-0.2, 0) is 19.0 Å². The Bertz CT molecular complexity index is 366. The quantitative estimate of drug-likeness (QED) is 0.316. The van der Waals surface area contributed by atoms with Gasteiger partial charge in [0.25, 0.3) is 0 Å². The Kier molecular flexibility index (Phi) is 9.49. The molecule has 0 N–H and O–H groups in total. The van der Waals surface area contributed by atoms with Gasteiger partial charge in [-0.05, 0) is 25.8 Å². The second kappa shape index (κ2) is 10.8. The van der Waals surface area contributed by atoms with Crippen LogP contribution in [0.4, 0.5) is 0 Å². The zero-order chi connectivity index (χ0) is 17.1. The Labute approximate surface area is 141 Å². The molecule has 4 nitrogen and oxygen atoms in total. The molecule has 4 heteroatoms. The molecule has 0 aliphatic carbocycles. The molecule has 0 bridgehead atoms. The van der Waals surface area contributed by atoms with Crippen molar-refractivity contribution in [2.24, 2.45) is 5.92 Å². The molecule has 1 saturated heterocycles. The highest BCUT2D eigenvalue weighted by Gasteiger charge is 2.43. The molecule has 0 radical (unpaired) electrons. The number of hydrogen-bond donors (Lipinski definition) is 0. The zero-order valence-electron chi connectivity index (χ0n) is 15.3. The number of rotatable bonds is 11. The van der Waals surface area contributed by atoms with Crippen LogP contribution in [0.3, 0.4) is 0 Å². The van der Waals surface area contributed by atoms with E-state index in [4.69, 9.17) is 14.2 Å². The van der Waals surface area contributed by atoms with Crippen molar-refractivity contribution >= 4 is 5.97 Å². The minimum atomic E-state index is -0.666. The Morgan fingerprint density at radius 1 is 1.30 bits per heavy atom. The number of hydrogen-bond acceptors (Lipinski definition) is 4. The second-order valence-corrected chi connectivity index (χ2v) is 6.43. The Morgan fingerprint density at radius 2 is 2.04 bits per heavy atom. The molecule has 1 fully saturated rings. The van der Waals surface area contributed by atoms with Crippen LogP contribution in [-0.4, -0.2) is 31.1 Å². The SMILES string of the molecule is C/C=C/C1(C(C)CC)OCC(COC(=O)CCCCCCC)O1. The predicted molar refractivity (Wildman–Crippen MR) is 92.2 cm³/mol. The normalized spacial score (nSPS) is 25.8. The number of carbonyl (C=O) groups excluding carboxylic acids is 1. The fourth-order valence-corrected chi connectivity index (χ4v) is 2.79. The molecule has 3 atom stereocenters. The molecule has 0 aromatic carbocycles. The van der Waals surface area contributed by atoms with Crippen LogP contribution in [0.2, 0.25) is 0 Å². The molecule has 0 aromatic heterocycles. The van der Waals surface area contributed by atoms with Gasteiger partial charge in [-0.2, -0.15) is 0 Å². The molecule has 3 unspecified atom stereocenters. The van der Waals surface area contributed by atoms with Gasteiger partial charge < -0.3 is 14.2 Å². The van der Waals surface area contributed by atoms with Crippen LogP contribution < -0.4 is 0 Å². The second-order valence-electron chi connectivity index (χ2n) is 6.43. The molecule has 0 aromatic rings. The van der Waals surface area contributed by atoms with Crippen molar-refractivity contribution in [3.05, 3.63) is 12.2 Å². The average Bonchev–Trinajstić information content (AvgIpc) is 2.97. The highest BCUT2D eigenvalue weighted by Crippen LogP contribution is 2.34. The van der Waals surface area contributed by atoms with Crippen molar-refractivity contribution in [3.8, 4) is 0 Å². The number of esters is 1. The summed E-state index contributed by atoms with van der Waals surface area (Å²) in [6.07, 6.45) is 10.9. The predicted octanol–water partition coefficient (Wildman–Crippen LogP) is 4.62. The zero-order valence-corrected chi connectivity index (χ0v) is 15.3. The third-order valence-corrected chi connectivity index (χ3v) is 4.46. The van der Waals surface area contributed by atoms with Crippen molar-refractivity contribution in [1.29, 1.82) is 0 Å². The van der Waals surface area contributed by atoms with Crippen molar-refractivity contribution in [2.75, 3.05) is 13.2 Å². The fraction of sp³-hybridized carbons (Fsp3) is 0.842. The van der Waals surface area contributed by atoms with E-state index >= 15 is 0 Å². The van der Waals surface area contributed by atoms with Gasteiger partial charge in [-0.25, -0.2) is 0 Å². The summed E-state index contributed by atoms with van der Waals surface area (Å²) < 4.78 is 17.3. The van der Waals surface area contributed by atoms with Gasteiger partial charge in [-0.15, -0.1) is 0 Å². The van der Waals surface area contributed by atoms with Crippen LogP contribution >= 0.6 is 0 Å². The molecule has 1 rings (SSSR count). The molecule has 134 valence electrons. The van der Waals surface area contributed by atoms with Gasteiger partial charge >= 0.3 is 5.97 Å². The van der Waals surface area contributed by atoms with E-state index < -0.39 is 5.79 Å². The number of allylic oxidation sites excluding steroid dienone is 1. The van der Waals surface area contributed by atoms with Gasteiger partial charge in [0.1, 0.15) is 12.7 Å². The molecule has 0 amide bonds. The third-order valence-electron chi connectivity index (χ3n) is 4.46. The van der Waals surface area contributed by atoms with E-state index in [1.807, 2.05) is 19.1 Å². The van der Waals surface area contributed by atoms with Crippen LogP contribution in [0, 0.1) is 5.92 Å². The summed E-state index contributed by atoms with van der Waals surface area (Å²) in [6.45, 7) is 9.13. The first-order valence-electron chi connectivity index (χ1n) is 9.19. The highest BCUT2D eigenvalue weighted by atomic mass is 16.8. The van der Waals surface area contributed by atoms with E-state index in [0.717, 1.165) is 19.3 Å². The summed E-state index contributed by atoms with van der Waals surface area (Å²) in [5, 5.41) is 0. The van der Waals surface area contributed by atoms with Gasteiger partial charge in [0.15, 0.2) is 5.79 Å². The Morgan fingerprint density at radius 3 is 2.70 bits per heavy atom. The molecule has 1 aliphatic rings. The van der Waals surface area contributed by atoms with Crippen LogP contribution in [0.5, 0.6) is 0 Å². The molecule has 0 saturated carbocycles. The topological polar surface area (TPSA) is 44.8 Å². The Balaban J connectivity index is 2.29. The van der Waals surface area contributed by atoms with E-state index in [-0.39, 0.29) is 24.6 Å². The van der Waals surface area contributed by atoms with Crippen molar-refractivity contribution in [1.82, 2.24) is 0 Å². The molecular weight excluding hydrogens is 292 g/mol. The van der Waals surface area contributed by atoms with Gasteiger partial charge in [-0.1, -0.05) is 52.5 Å². The van der Waals surface area contributed by atoms with Crippen LogP contribution in [0.25, 0.3) is 0 Å². The highest BCUT2D eigenvalue weighted by molar-refractivity contribution is 5.69. The lowest BCUT2D eigenvalue weighted by molar-refractivity contribution is -0.173. The molecular formula is C19H34O4. The van der Waals surface area contributed by atoms with Gasteiger partial charge in [0, 0.05) is 12.3 Å². The van der Waals surface area contributed by atoms with Crippen molar-refractivity contribution < 1.29 is 19.0 Å². The van der Waals surface area contributed by atoms with Gasteiger partial charge in [0.2, 0.25) is 0 Å². The maximum atomic E-state index is 11.8. The third kappa shape index (κ3) is 6.64. The lowest BCUT2D eigenvalue weighted by Gasteiger charge is -2.30. The summed E-state index contributed by atoms with van der Waals surface area (Å²) in [4.78, 5) is 11.8. The minimum Gasteiger partial charge on any atom is -0.463 e. The molecule has 23 heavy (non-hydrogen) atoms. The summed E-state index contributed by atoms with van der Waals surface area (Å²) in [5.41, 5.74) is 0. The number of ether oxygens (including phenoxy) is 3. The maximum Gasteiger partial charge on any atom is 0.305 e. The first-order chi connectivity index (χ1) is 11.1. The molecule has 1 heterocycles. The largest absolute Gasteiger partial charge is 0.463 e. The first-order valence-corrected chi connectivity index (χ1v) is 9.19. The standard InChI is InChI=1S/C19H34O4/c1-5-8-9-10-11-12-18(20)21-14-17-15-22-19(23-17,13-6-2)16(4)7-3/h6,13,16-17H,5,7-12,14-15H2,1-4H3/b13-6+. The average molecular weight is 326 g/mol. The number of carbonyl (C=O) groups is 1. The molecule has 0 spiro atoms. The lowest BCUT2D eigenvalue weighted by atomic mass is 9.97. The van der Waals surface area contributed by atoms with Crippen LogP contribution in [0.15, 0.2) is 12.2 Å². The lowest BCUT2D eigenvalue weighted by Crippen LogP contribution is -2.36. The van der Waals surface area contributed by atoms with Gasteiger partial charge in [-0.3, -0.25) is 4.79 Å². The summed E-state index contributed by atoms with van der Waals surface area (Å²) in [5.74, 6) is -0.532. The van der Waals surface area contributed by atoms with Crippen molar-refractivity contribution in [2.45, 2.75) is 84.5 Å². The van der Waals surface area contributed by atoms with Crippen LogP contribution in [0.1, 0.15) is 72.6 Å². The summed E-state index contributed by atoms with van der Waals surface area (Å²) >= 11 is 0. The van der Waals surface area contributed by atoms with E-state index in [9.17, 15) is 4.79 Å². The molecule has 1 aliphatic heterocycles. The summed E-state index contributed by atoms with van der Waals surface area (Å²) in [6, 6.07) is 0. The number of unbranched alkanes of at least 4 members (excludes halogenated alkanes) is 4. The monoisotopic (exact) mass is 326 g/mol. The maximum absolute atomic E-state index is 11.8. The van der Waals surface area contributed by atoms with E-state index in [1.165, 1.54) is 19.3 Å². The van der Waals surface area contributed by atoms with E-state index in [2.05, 4.69) is 20.8 Å². The van der Waals surface area contributed by atoms with Crippen molar-refractivity contribution in [3.63, 3.8) is 0 Å². The van der Waals surface area contributed by atoms with Gasteiger partial charge in [0.05, 0.1) is 6.61 Å². The minimum absolute atomic E-state index is 0.128. The summed E-state index contributed by atoms with van der Waals surface area (Å²) in [7, 11) is 0. The Hall–Kier alpha value is -0.870. The smallest absolute Gasteiger partial charge is 0.305 e.